The minimum absolute atomic E-state index is 0.173. The van der Waals surface area contributed by atoms with Gasteiger partial charge in [0.15, 0.2) is 0 Å². The molecule has 96 valence electrons. The summed E-state index contributed by atoms with van der Waals surface area (Å²) >= 11 is 0. The van der Waals surface area contributed by atoms with E-state index in [0.717, 1.165) is 12.5 Å². The lowest BCUT2D eigenvalue weighted by molar-refractivity contribution is 0.225. The second-order valence-corrected chi connectivity index (χ2v) is 5.30. The predicted molar refractivity (Wildman–Crippen MR) is 70.6 cm³/mol. The Morgan fingerprint density at radius 3 is 3.00 bits per heavy atom. The van der Waals surface area contributed by atoms with Gasteiger partial charge in [-0.2, -0.15) is 5.10 Å². The number of aromatic nitrogens is 2. The molecule has 1 heterocycles. The Morgan fingerprint density at radius 1 is 1.47 bits per heavy atom. The van der Waals surface area contributed by atoms with Gasteiger partial charge in [0.05, 0.1) is 5.69 Å². The fourth-order valence-electron chi connectivity index (χ4n) is 3.16. The molecule has 3 unspecified atom stereocenters. The highest BCUT2D eigenvalue weighted by molar-refractivity contribution is 5.08. The first kappa shape index (κ1) is 12.6. The number of aryl methyl sites for hydroxylation is 1. The molecular formula is C14H25N3. The third kappa shape index (κ3) is 2.71. The van der Waals surface area contributed by atoms with Gasteiger partial charge < -0.3 is 5.73 Å². The van der Waals surface area contributed by atoms with Crippen molar-refractivity contribution in [2.24, 2.45) is 17.6 Å². The van der Waals surface area contributed by atoms with Gasteiger partial charge in [-0.25, -0.2) is 0 Å². The van der Waals surface area contributed by atoms with Crippen molar-refractivity contribution in [2.75, 3.05) is 0 Å². The van der Waals surface area contributed by atoms with E-state index in [0.29, 0.717) is 5.92 Å². The molecule has 0 spiro atoms. The lowest BCUT2D eigenvalue weighted by Crippen LogP contribution is -2.28. The summed E-state index contributed by atoms with van der Waals surface area (Å²) < 4.78 is 2.04. The average Bonchev–Trinajstić information content (AvgIpc) is 2.86. The molecule has 2 rings (SSSR count). The maximum absolute atomic E-state index is 6.45. The van der Waals surface area contributed by atoms with E-state index in [1.165, 1.54) is 37.8 Å². The van der Waals surface area contributed by atoms with E-state index < -0.39 is 0 Å². The standard InChI is InChI=1S/C14H25N3/c1-3-11-6-5-7-12(10-11)14(15)13-8-9-16-17(13)4-2/h8-9,11-12,14H,3-7,10,15H2,1-2H3. The molecule has 1 aliphatic rings. The molecule has 0 radical (unpaired) electrons. The first-order valence-corrected chi connectivity index (χ1v) is 7.03. The van der Waals surface area contributed by atoms with Crippen LogP contribution in [-0.2, 0) is 6.54 Å². The van der Waals surface area contributed by atoms with Crippen LogP contribution in [-0.4, -0.2) is 9.78 Å². The molecule has 1 aromatic heterocycles. The highest BCUT2D eigenvalue weighted by atomic mass is 15.3. The smallest absolute Gasteiger partial charge is 0.0554 e. The van der Waals surface area contributed by atoms with Crippen molar-refractivity contribution >= 4 is 0 Å². The molecule has 0 bridgehead atoms. The number of nitrogens with two attached hydrogens (primary N) is 1. The highest BCUT2D eigenvalue weighted by Crippen LogP contribution is 2.37. The van der Waals surface area contributed by atoms with Crippen LogP contribution >= 0.6 is 0 Å². The van der Waals surface area contributed by atoms with Crippen molar-refractivity contribution in [1.29, 1.82) is 0 Å². The van der Waals surface area contributed by atoms with Gasteiger partial charge in [-0.1, -0.05) is 26.2 Å². The molecule has 17 heavy (non-hydrogen) atoms. The largest absolute Gasteiger partial charge is 0.322 e. The third-order valence-electron chi connectivity index (χ3n) is 4.30. The summed E-state index contributed by atoms with van der Waals surface area (Å²) in [6, 6.07) is 2.26. The van der Waals surface area contributed by atoms with E-state index in [1.807, 2.05) is 10.9 Å². The van der Waals surface area contributed by atoms with Crippen molar-refractivity contribution in [3.05, 3.63) is 18.0 Å². The first-order chi connectivity index (χ1) is 8.26. The van der Waals surface area contributed by atoms with Crippen LogP contribution in [0.5, 0.6) is 0 Å². The van der Waals surface area contributed by atoms with Crippen molar-refractivity contribution < 1.29 is 0 Å². The van der Waals surface area contributed by atoms with Crippen LogP contribution in [0.2, 0.25) is 0 Å². The summed E-state index contributed by atoms with van der Waals surface area (Å²) in [4.78, 5) is 0. The molecule has 1 aliphatic carbocycles. The second-order valence-electron chi connectivity index (χ2n) is 5.30. The lowest BCUT2D eigenvalue weighted by atomic mass is 9.76. The zero-order chi connectivity index (χ0) is 12.3. The third-order valence-corrected chi connectivity index (χ3v) is 4.30. The monoisotopic (exact) mass is 235 g/mol. The van der Waals surface area contributed by atoms with Gasteiger partial charge in [0.25, 0.3) is 0 Å². The number of nitrogens with zero attached hydrogens (tertiary/aromatic N) is 2. The molecular weight excluding hydrogens is 210 g/mol. The maximum Gasteiger partial charge on any atom is 0.0554 e. The second kappa shape index (κ2) is 5.67. The molecule has 0 amide bonds. The van der Waals surface area contributed by atoms with Crippen LogP contribution < -0.4 is 5.73 Å². The number of hydrogen-bond donors (Lipinski definition) is 1. The fourth-order valence-corrected chi connectivity index (χ4v) is 3.16. The molecule has 0 aromatic carbocycles. The van der Waals surface area contributed by atoms with E-state index in [9.17, 15) is 0 Å². The van der Waals surface area contributed by atoms with Crippen LogP contribution in [0.15, 0.2) is 12.3 Å². The van der Waals surface area contributed by atoms with Gasteiger partial charge in [-0.05, 0) is 37.7 Å². The Labute approximate surface area is 104 Å². The molecule has 1 fully saturated rings. The van der Waals surface area contributed by atoms with Crippen LogP contribution in [0.4, 0.5) is 0 Å². The number of hydrogen-bond acceptors (Lipinski definition) is 2. The van der Waals surface area contributed by atoms with Crippen LogP contribution in [0, 0.1) is 11.8 Å². The summed E-state index contributed by atoms with van der Waals surface area (Å²) in [7, 11) is 0. The average molecular weight is 235 g/mol. The molecule has 1 aromatic rings. The van der Waals surface area contributed by atoms with Crippen LogP contribution in [0.25, 0.3) is 0 Å². The normalized spacial score (nSPS) is 27.0. The fraction of sp³-hybridized carbons (Fsp3) is 0.786. The Morgan fingerprint density at radius 2 is 2.29 bits per heavy atom. The van der Waals surface area contributed by atoms with Gasteiger partial charge in [0, 0.05) is 18.8 Å². The molecule has 0 saturated heterocycles. The highest BCUT2D eigenvalue weighted by Gasteiger charge is 2.27. The van der Waals surface area contributed by atoms with Gasteiger partial charge in [0.1, 0.15) is 0 Å². The van der Waals surface area contributed by atoms with Crippen molar-refractivity contribution in [1.82, 2.24) is 9.78 Å². The zero-order valence-corrected chi connectivity index (χ0v) is 11.1. The van der Waals surface area contributed by atoms with Gasteiger partial charge in [-0.15, -0.1) is 0 Å². The van der Waals surface area contributed by atoms with Gasteiger partial charge in [0.2, 0.25) is 0 Å². The van der Waals surface area contributed by atoms with Crippen molar-refractivity contribution in [3.8, 4) is 0 Å². The Balaban J connectivity index is 2.06. The van der Waals surface area contributed by atoms with Crippen LogP contribution in [0.1, 0.15) is 57.7 Å². The van der Waals surface area contributed by atoms with Crippen molar-refractivity contribution in [2.45, 2.75) is 58.5 Å². The van der Waals surface area contributed by atoms with Gasteiger partial charge in [-0.3, -0.25) is 4.68 Å². The quantitative estimate of drug-likeness (QED) is 0.871. The summed E-state index contributed by atoms with van der Waals surface area (Å²) in [6.07, 6.45) is 8.50. The molecule has 1 saturated carbocycles. The van der Waals surface area contributed by atoms with E-state index in [-0.39, 0.29) is 6.04 Å². The minimum atomic E-state index is 0.173. The lowest BCUT2D eigenvalue weighted by Gasteiger charge is -2.32. The first-order valence-electron chi connectivity index (χ1n) is 7.03. The molecule has 3 nitrogen and oxygen atoms in total. The van der Waals surface area contributed by atoms with E-state index in [4.69, 9.17) is 5.73 Å². The Hall–Kier alpha value is -0.830. The van der Waals surface area contributed by atoms with E-state index in [1.54, 1.807) is 0 Å². The van der Waals surface area contributed by atoms with E-state index in [2.05, 4.69) is 25.0 Å². The molecule has 0 aliphatic heterocycles. The SMILES string of the molecule is CCC1CCCC(C(N)c2ccnn2CC)C1. The summed E-state index contributed by atoms with van der Waals surface area (Å²) in [5.41, 5.74) is 7.66. The topological polar surface area (TPSA) is 43.8 Å². The zero-order valence-electron chi connectivity index (χ0n) is 11.1. The van der Waals surface area contributed by atoms with Gasteiger partial charge >= 0.3 is 0 Å². The summed E-state index contributed by atoms with van der Waals surface area (Å²) in [5.74, 6) is 1.54. The maximum atomic E-state index is 6.45. The minimum Gasteiger partial charge on any atom is -0.322 e. The molecule has 3 atom stereocenters. The molecule has 2 N–H and O–H groups in total. The van der Waals surface area contributed by atoms with Crippen molar-refractivity contribution in [3.63, 3.8) is 0 Å². The summed E-state index contributed by atoms with van der Waals surface area (Å²) in [5, 5.41) is 4.33. The van der Waals surface area contributed by atoms with Crippen LogP contribution in [0.3, 0.4) is 0 Å². The Kier molecular flexibility index (Phi) is 4.21. The van der Waals surface area contributed by atoms with E-state index >= 15 is 0 Å². The summed E-state index contributed by atoms with van der Waals surface area (Å²) in [6.45, 7) is 5.34. The molecule has 3 heteroatoms. The Bertz CT molecular complexity index is 345. The predicted octanol–water partition coefficient (Wildman–Crippen LogP) is 3.12. The number of rotatable bonds is 4.